The van der Waals surface area contributed by atoms with E-state index in [-0.39, 0.29) is 0 Å². The van der Waals surface area contributed by atoms with Gasteiger partial charge < -0.3 is 4.90 Å². The van der Waals surface area contributed by atoms with Crippen LogP contribution in [-0.4, -0.2) is 30.0 Å². The molecule has 130 valence electrons. The monoisotopic (exact) mass is 333 g/mol. The van der Waals surface area contributed by atoms with Crippen molar-refractivity contribution in [2.24, 2.45) is 0 Å². The fourth-order valence-electron chi connectivity index (χ4n) is 3.07. The first-order chi connectivity index (χ1) is 12.0. The molecule has 3 aromatic rings. The minimum Gasteiger partial charge on any atom is -0.378 e. The van der Waals surface area contributed by atoms with Gasteiger partial charge in [-0.15, -0.1) is 0 Å². The highest BCUT2D eigenvalue weighted by Gasteiger charge is 2.13. The summed E-state index contributed by atoms with van der Waals surface area (Å²) >= 11 is 0. The fraction of sp³-hybridized carbons (Fsp3) is 0.318. The third-order valence-electron chi connectivity index (χ3n) is 4.66. The molecule has 2 aromatic carbocycles. The van der Waals surface area contributed by atoms with Crippen LogP contribution >= 0.6 is 0 Å². The molecule has 3 nitrogen and oxygen atoms in total. The Morgan fingerprint density at radius 3 is 2.28 bits per heavy atom. The van der Waals surface area contributed by atoms with E-state index in [9.17, 15) is 0 Å². The van der Waals surface area contributed by atoms with Gasteiger partial charge in [0.15, 0.2) is 0 Å². The van der Waals surface area contributed by atoms with Gasteiger partial charge in [0, 0.05) is 50.5 Å². The Labute approximate surface area is 150 Å². The summed E-state index contributed by atoms with van der Waals surface area (Å²) in [6.45, 7) is 6.36. The summed E-state index contributed by atoms with van der Waals surface area (Å²) in [5, 5.41) is 1.21. The molecule has 0 atom stereocenters. The Morgan fingerprint density at radius 2 is 1.60 bits per heavy atom. The SMILES string of the molecule is CC(C)N(Cc1ccc(N(C)C)cc1)Cc1cccc2cccnc12. The van der Waals surface area contributed by atoms with Gasteiger partial charge in [0.05, 0.1) is 5.52 Å². The van der Waals surface area contributed by atoms with Gasteiger partial charge in [-0.25, -0.2) is 0 Å². The number of benzene rings is 2. The van der Waals surface area contributed by atoms with Crippen LogP contribution < -0.4 is 4.90 Å². The van der Waals surface area contributed by atoms with Crippen molar-refractivity contribution in [3.8, 4) is 0 Å². The van der Waals surface area contributed by atoms with E-state index in [1.165, 1.54) is 22.2 Å². The van der Waals surface area contributed by atoms with Crippen LogP contribution in [0.4, 0.5) is 5.69 Å². The highest BCUT2D eigenvalue weighted by Crippen LogP contribution is 2.21. The summed E-state index contributed by atoms with van der Waals surface area (Å²) in [6, 6.07) is 19.9. The van der Waals surface area contributed by atoms with E-state index in [2.05, 4.69) is 91.3 Å². The number of hydrogen-bond donors (Lipinski definition) is 0. The van der Waals surface area contributed by atoms with Crippen molar-refractivity contribution >= 4 is 16.6 Å². The molecule has 1 heterocycles. The third kappa shape index (κ3) is 4.18. The summed E-state index contributed by atoms with van der Waals surface area (Å²) in [5.74, 6) is 0. The van der Waals surface area contributed by atoms with Crippen molar-refractivity contribution in [1.29, 1.82) is 0 Å². The quantitative estimate of drug-likeness (QED) is 0.651. The maximum atomic E-state index is 4.60. The van der Waals surface area contributed by atoms with Crippen LogP contribution in [-0.2, 0) is 13.1 Å². The van der Waals surface area contributed by atoms with E-state index < -0.39 is 0 Å². The molecular weight excluding hydrogens is 306 g/mol. The molecule has 0 radical (unpaired) electrons. The summed E-state index contributed by atoms with van der Waals surface area (Å²) in [4.78, 5) is 9.22. The van der Waals surface area contributed by atoms with Crippen molar-refractivity contribution in [3.63, 3.8) is 0 Å². The molecule has 0 spiro atoms. The maximum Gasteiger partial charge on any atom is 0.0746 e. The van der Waals surface area contributed by atoms with Gasteiger partial charge in [-0.2, -0.15) is 0 Å². The van der Waals surface area contributed by atoms with Gasteiger partial charge >= 0.3 is 0 Å². The topological polar surface area (TPSA) is 19.4 Å². The Bertz CT molecular complexity index is 817. The first kappa shape index (κ1) is 17.4. The summed E-state index contributed by atoms with van der Waals surface area (Å²) in [5.41, 5.74) is 4.97. The minimum absolute atomic E-state index is 0.465. The van der Waals surface area contributed by atoms with E-state index in [1.54, 1.807) is 0 Å². The molecule has 0 saturated carbocycles. The first-order valence-corrected chi connectivity index (χ1v) is 8.87. The minimum atomic E-state index is 0.465. The molecule has 0 aliphatic rings. The Morgan fingerprint density at radius 1 is 0.880 bits per heavy atom. The van der Waals surface area contributed by atoms with Crippen LogP contribution in [0.2, 0.25) is 0 Å². The van der Waals surface area contributed by atoms with Gasteiger partial charge in [-0.05, 0) is 43.2 Å². The van der Waals surface area contributed by atoms with Crippen molar-refractivity contribution in [2.75, 3.05) is 19.0 Å². The number of aromatic nitrogens is 1. The molecular formula is C22H27N3. The number of fused-ring (bicyclic) bond motifs is 1. The highest BCUT2D eigenvalue weighted by atomic mass is 15.1. The predicted molar refractivity (Wildman–Crippen MR) is 107 cm³/mol. The first-order valence-electron chi connectivity index (χ1n) is 8.87. The molecule has 0 fully saturated rings. The highest BCUT2D eigenvalue weighted by molar-refractivity contribution is 5.81. The van der Waals surface area contributed by atoms with Crippen molar-refractivity contribution < 1.29 is 0 Å². The van der Waals surface area contributed by atoms with E-state index >= 15 is 0 Å². The lowest BCUT2D eigenvalue weighted by Gasteiger charge is -2.27. The molecule has 0 saturated heterocycles. The lowest BCUT2D eigenvalue weighted by Crippen LogP contribution is -2.30. The molecule has 1 aromatic heterocycles. The average molecular weight is 333 g/mol. The molecule has 3 rings (SSSR count). The van der Waals surface area contributed by atoms with Crippen molar-refractivity contribution in [2.45, 2.75) is 33.0 Å². The van der Waals surface area contributed by atoms with Crippen LogP contribution in [0.3, 0.4) is 0 Å². The van der Waals surface area contributed by atoms with Crippen LogP contribution in [0, 0.1) is 0 Å². The van der Waals surface area contributed by atoms with Crippen LogP contribution in [0.1, 0.15) is 25.0 Å². The summed E-state index contributed by atoms with van der Waals surface area (Å²) in [6.07, 6.45) is 1.88. The largest absolute Gasteiger partial charge is 0.378 e. The zero-order chi connectivity index (χ0) is 17.8. The van der Waals surface area contributed by atoms with Crippen LogP contribution in [0.15, 0.2) is 60.8 Å². The predicted octanol–water partition coefficient (Wildman–Crippen LogP) is 4.71. The zero-order valence-corrected chi connectivity index (χ0v) is 15.6. The van der Waals surface area contributed by atoms with Crippen molar-refractivity contribution in [3.05, 3.63) is 71.9 Å². The standard InChI is InChI=1S/C22H27N3/c1-17(2)25(15-18-10-12-21(13-11-18)24(3)4)16-20-8-5-7-19-9-6-14-23-22(19)20/h5-14,17H,15-16H2,1-4H3. The second-order valence-corrected chi connectivity index (χ2v) is 7.05. The molecule has 0 unspecified atom stereocenters. The van der Waals surface area contributed by atoms with Gasteiger partial charge in [-0.3, -0.25) is 9.88 Å². The lowest BCUT2D eigenvalue weighted by atomic mass is 10.1. The van der Waals surface area contributed by atoms with Gasteiger partial charge in [0.1, 0.15) is 0 Å². The van der Waals surface area contributed by atoms with Crippen LogP contribution in [0.25, 0.3) is 10.9 Å². The second kappa shape index (κ2) is 7.66. The number of nitrogens with zero attached hydrogens (tertiary/aromatic N) is 3. The zero-order valence-electron chi connectivity index (χ0n) is 15.6. The smallest absolute Gasteiger partial charge is 0.0746 e. The Hall–Kier alpha value is -2.39. The van der Waals surface area contributed by atoms with E-state index in [0.717, 1.165) is 18.6 Å². The molecule has 25 heavy (non-hydrogen) atoms. The van der Waals surface area contributed by atoms with Crippen molar-refractivity contribution in [1.82, 2.24) is 9.88 Å². The third-order valence-corrected chi connectivity index (χ3v) is 4.66. The number of para-hydroxylation sites is 1. The lowest BCUT2D eigenvalue weighted by molar-refractivity contribution is 0.204. The van der Waals surface area contributed by atoms with E-state index in [1.807, 2.05) is 12.3 Å². The van der Waals surface area contributed by atoms with Gasteiger partial charge in [0.2, 0.25) is 0 Å². The van der Waals surface area contributed by atoms with E-state index in [4.69, 9.17) is 0 Å². The fourth-order valence-corrected chi connectivity index (χ4v) is 3.07. The molecule has 0 aliphatic carbocycles. The maximum absolute atomic E-state index is 4.60. The molecule has 3 heteroatoms. The normalized spacial score (nSPS) is 11.4. The van der Waals surface area contributed by atoms with Gasteiger partial charge in [-0.1, -0.05) is 36.4 Å². The number of hydrogen-bond acceptors (Lipinski definition) is 3. The molecule has 0 aliphatic heterocycles. The summed E-state index contributed by atoms with van der Waals surface area (Å²) in [7, 11) is 4.14. The van der Waals surface area contributed by atoms with E-state index in [0.29, 0.717) is 6.04 Å². The number of rotatable bonds is 6. The summed E-state index contributed by atoms with van der Waals surface area (Å²) < 4.78 is 0. The number of pyridine rings is 1. The Kier molecular flexibility index (Phi) is 5.34. The van der Waals surface area contributed by atoms with Crippen LogP contribution in [0.5, 0.6) is 0 Å². The average Bonchev–Trinajstić information content (AvgIpc) is 2.61. The Balaban J connectivity index is 1.81. The molecule has 0 amide bonds. The second-order valence-electron chi connectivity index (χ2n) is 7.05. The number of anilines is 1. The van der Waals surface area contributed by atoms with Gasteiger partial charge in [0.25, 0.3) is 0 Å². The molecule has 0 N–H and O–H groups in total. The molecule has 0 bridgehead atoms.